The first-order valence-electron chi connectivity index (χ1n) is 6.52. The molecule has 0 aliphatic carbocycles. The van der Waals surface area contributed by atoms with Crippen LogP contribution in [0.15, 0.2) is 30.3 Å². The summed E-state index contributed by atoms with van der Waals surface area (Å²) in [5.41, 5.74) is 1.01. The minimum Gasteiger partial charge on any atom is -0.351 e. The summed E-state index contributed by atoms with van der Waals surface area (Å²) in [6, 6.07) is 8.17. The number of benzene rings is 1. The standard InChI is InChI=1S/C15H21FO3/c1-12(2)8-9-14(15(16)17)19-11-18-10-13-6-4-3-5-7-13/h3-7,12,14H,8-11H2,1-2H3. The van der Waals surface area contributed by atoms with E-state index >= 15 is 0 Å². The lowest BCUT2D eigenvalue weighted by Gasteiger charge is -2.14. The molecule has 1 aromatic rings. The molecule has 19 heavy (non-hydrogen) atoms. The van der Waals surface area contributed by atoms with Crippen molar-refractivity contribution in [3.63, 3.8) is 0 Å². The Morgan fingerprint density at radius 1 is 1.21 bits per heavy atom. The maximum atomic E-state index is 12.7. The summed E-state index contributed by atoms with van der Waals surface area (Å²) >= 11 is 0. The van der Waals surface area contributed by atoms with E-state index in [1.807, 2.05) is 44.2 Å². The largest absolute Gasteiger partial charge is 0.351 e. The third-order valence-corrected chi connectivity index (χ3v) is 2.72. The quantitative estimate of drug-likeness (QED) is 0.391. The van der Waals surface area contributed by atoms with Crippen LogP contribution < -0.4 is 0 Å². The van der Waals surface area contributed by atoms with Gasteiger partial charge in [0.2, 0.25) is 0 Å². The van der Waals surface area contributed by atoms with Gasteiger partial charge in [-0.3, -0.25) is 4.79 Å². The monoisotopic (exact) mass is 268 g/mol. The molecule has 1 aromatic carbocycles. The Morgan fingerprint density at radius 2 is 1.89 bits per heavy atom. The fraction of sp³-hybridized carbons (Fsp3) is 0.533. The van der Waals surface area contributed by atoms with Crippen LogP contribution in [0.3, 0.4) is 0 Å². The van der Waals surface area contributed by atoms with E-state index in [2.05, 4.69) is 0 Å². The van der Waals surface area contributed by atoms with Crippen LogP contribution in [0.2, 0.25) is 0 Å². The summed E-state index contributed by atoms with van der Waals surface area (Å²) in [6.07, 6.45) is 0.138. The van der Waals surface area contributed by atoms with Gasteiger partial charge in [-0.25, -0.2) is 0 Å². The number of hydrogen-bond acceptors (Lipinski definition) is 3. The van der Waals surface area contributed by atoms with Gasteiger partial charge in [-0.15, -0.1) is 0 Å². The van der Waals surface area contributed by atoms with Gasteiger partial charge in [-0.1, -0.05) is 44.2 Å². The first kappa shape index (κ1) is 15.8. The molecule has 3 nitrogen and oxygen atoms in total. The Kier molecular flexibility index (Phi) is 7.30. The molecule has 0 aliphatic heterocycles. The van der Waals surface area contributed by atoms with Crippen molar-refractivity contribution in [1.29, 1.82) is 0 Å². The summed E-state index contributed by atoms with van der Waals surface area (Å²) in [5.74, 6) is 0.413. The number of rotatable bonds is 9. The highest BCUT2D eigenvalue weighted by molar-refractivity contribution is 5.73. The van der Waals surface area contributed by atoms with E-state index in [4.69, 9.17) is 9.47 Å². The van der Waals surface area contributed by atoms with E-state index in [-0.39, 0.29) is 6.79 Å². The zero-order valence-corrected chi connectivity index (χ0v) is 11.5. The van der Waals surface area contributed by atoms with E-state index < -0.39 is 12.1 Å². The van der Waals surface area contributed by atoms with Crippen LogP contribution in [0.1, 0.15) is 32.3 Å². The number of carbonyl (C=O) groups excluding carboxylic acids is 1. The fourth-order valence-electron chi connectivity index (χ4n) is 1.61. The van der Waals surface area contributed by atoms with Gasteiger partial charge in [0.25, 0.3) is 0 Å². The minimum absolute atomic E-state index is 0.0761. The van der Waals surface area contributed by atoms with Crippen molar-refractivity contribution in [1.82, 2.24) is 0 Å². The van der Waals surface area contributed by atoms with Gasteiger partial charge in [-0.05, 0) is 24.3 Å². The van der Waals surface area contributed by atoms with Gasteiger partial charge in [0.05, 0.1) is 6.61 Å². The Morgan fingerprint density at radius 3 is 2.47 bits per heavy atom. The molecule has 0 amide bonds. The molecule has 1 rings (SSSR count). The van der Waals surface area contributed by atoms with Gasteiger partial charge in [0.1, 0.15) is 6.79 Å². The second-order valence-electron chi connectivity index (χ2n) is 4.88. The van der Waals surface area contributed by atoms with Crippen molar-refractivity contribution in [2.45, 2.75) is 39.4 Å². The topological polar surface area (TPSA) is 35.5 Å². The lowest BCUT2D eigenvalue weighted by molar-refractivity contribution is -0.155. The molecule has 1 unspecified atom stereocenters. The maximum absolute atomic E-state index is 12.7. The molecule has 0 radical (unpaired) electrons. The summed E-state index contributed by atoms with van der Waals surface area (Å²) < 4.78 is 23.1. The SMILES string of the molecule is CC(C)CCC(OCOCc1ccccc1)C(=O)F. The Labute approximate surface area is 113 Å². The molecule has 0 N–H and O–H groups in total. The second-order valence-corrected chi connectivity index (χ2v) is 4.88. The normalized spacial score (nSPS) is 12.6. The van der Waals surface area contributed by atoms with E-state index in [1.54, 1.807) is 0 Å². The minimum atomic E-state index is -1.43. The molecule has 4 heteroatoms. The molecule has 0 heterocycles. The van der Waals surface area contributed by atoms with Crippen LogP contribution >= 0.6 is 0 Å². The van der Waals surface area contributed by atoms with Crippen molar-refractivity contribution in [3.8, 4) is 0 Å². The summed E-state index contributed by atoms with van der Waals surface area (Å²) in [6.45, 7) is 4.35. The van der Waals surface area contributed by atoms with Crippen LogP contribution in [0, 0.1) is 5.92 Å². The van der Waals surface area contributed by atoms with Crippen LogP contribution in [0.4, 0.5) is 4.39 Å². The summed E-state index contributed by atoms with van der Waals surface area (Å²) in [5, 5.41) is 0. The van der Waals surface area contributed by atoms with E-state index in [9.17, 15) is 9.18 Å². The number of ether oxygens (including phenoxy) is 2. The average Bonchev–Trinajstić information content (AvgIpc) is 2.38. The van der Waals surface area contributed by atoms with Crippen molar-refractivity contribution in [2.24, 2.45) is 5.92 Å². The smallest absolute Gasteiger partial charge is 0.330 e. The number of carbonyl (C=O) groups is 1. The highest BCUT2D eigenvalue weighted by Crippen LogP contribution is 2.11. The highest BCUT2D eigenvalue weighted by atomic mass is 19.1. The Bertz CT molecular complexity index is 365. The molecule has 1 atom stereocenters. The van der Waals surface area contributed by atoms with Crippen molar-refractivity contribution >= 4 is 6.04 Å². The molecule has 0 aromatic heterocycles. The number of halogens is 1. The molecule has 0 bridgehead atoms. The van der Waals surface area contributed by atoms with Crippen LogP contribution in [-0.2, 0) is 20.9 Å². The zero-order chi connectivity index (χ0) is 14.1. The molecule has 0 saturated heterocycles. The predicted octanol–water partition coefficient (Wildman–Crippen LogP) is 3.48. The zero-order valence-electron chi connectivity index (χ0n) is 11.5. The average molecular weight is 268 g/mol. The Hall–Kier alpha value is -1.26. The summed E-state index contributed by atoms with van der Waals surface area (Å²) in [7, 11) is 0. The molecule has 0 spiro atoms. The van der Waals surface area contributed by atoms with Gasteiger partial charge < -0.3 is 9.47 Å². The molecule has 0 fully saturated rings. The van der Waals surface area contributed by atoms with Crippen LogP contribution in [-0.4, -0.2) is 18.9 Å². The fourth-order valence-corrected chi connectivity index (χ4v) is 1.61. The molecular weight excluding hydrogens is 247 g/mol. The van der Waals surface area contributed by atoms with Crippen molar-refractivity contribution in [2.75, 3.05) is 6.79 Å². The lowest BCUT2D eigenvalue weighted by atomic mass is 10.1. The third-order valence-electron chi connectivity index (χ3n) is 2.72. The predicted molar refractivity (Wildman–Crippen MR) is 71.2 cm³/mol. The summed E-state index contributed by atoms with van der Waals surface area (Å²) in [4.78, 5) is 10.8. The second kappa shape index (κ2) is 8.77. The van der Waals surface area contributed by atoms with E-state index in [0.717, 1.165) is 12.0 Å². The van der Waals surface area contributed by atoms with Gasteiger partial charge >= 0.3 is 6.04 Å². The molecule has 0 aliphatic rings. The third kappa shape index (κ3) is 7.03. The molecular formula is C15H21FO3. The number of hydrogen-bond donors (Lipinski definition) is 0. The Balaban J connectivity index is 2.23. The molecule has 106 valence electrons. The van der Waals surface area contributed by atoms with Crippen LogP contribution in [0.25, 0.3) is 0 Å². The first-order chi connectivity index (χ1) is 9.09. The van der Waals surface area contributed by atoms with Crippen molar-refractivity contribution in [3.05, 3.63) is 35.9 Å². The van der Waals surface area contributed by atoms with Gasteiger partial charge in [0, 0.05) is 0 Å². The highest BCUT2D eigenvalue weighted by Gasteiger charge is 2.18. The molecule has 0 saturated carbocycles. The van der Waals surface area contributed by atoms with E-state index in [0.29, 0.717) is 18.9 Å². The van der Waals surface area contributed by atoms with Crippen molar-refractivity contribution < 1.29 is 18.7 Å². The lowest BCUT2D eigenvalue weighted by Crippen LogP contribution is -2.22. The first-order valence-corrected chi connectivity index (χ1v) is 6.52. The van der Waals surface area contributed by atoms with E-state index in [1.165, 1.54) is 0 Å². The van der Waals surface area contributed by atoms with Gasteiger partial charge in [-0.2, -0.15) is 4.39 Å². The maximum Gasteiger partial charge on any atom is 0.330 e. The van der Waals surface area contributed by atoms with Crippen LogP contribution in [0.5, 0.6) is 0 Å². The van der Waals surface area contributed by atoms with Gasteiger partial charge in [0.15, 0.2) is 6.10 Å².